The summed E-state index contributed by atoms with van der Waals surface area (Å²) >= 11 is 0. The molecule has 0 bridgehead atoms. The normalized spacial score (nSPS) is 10.5. The molecule has 2 N–H and O–H groups in total. The molecule has 0 unspecified atom stereocenters. The molecule has 3 aromatic rings. The van der Waals surface area contributed by atoms with Crippen LogP contribution in [0.25, 0.3) is 10.8 Å². The third kappa shape index (κ3) is 3.84. The van der Waals surface area contributed by atoms with Crippen LogP contribution in [0.3, 0.4) is 0 Å². The van der Waals surface area contributed by atoms with Crippen molar-refractivity contribution in [2.75, 3.05) is 11.9 Å². The van der Waals surface area contributed by atoms with E-state index in [1.807, 2.05) is 54.6 Å². The van der Waals surface area contributed by atoms with Gasteiger partial charge in [0, 0.05) is 22.9 Å². The first-order valence-corrected chi connectivity index (χ1v) is 7.92. The highest BCUT2D eigenvalue weighted by Crippen LogP contribution is 2.29. The molecule has 0 fully saturated rings. The molecule has 24 heavy (non-hydrogen) atoms. The van der Waals surface area contributed by atoms with Crippen LogP contribution in [0.15, 0.2) is 66.7 Å². The quantitative estimate of drug-likeness (QED) is 0.664. The molecule has 0 aliphatic carbocycles. The number of carbonyl (C=O) groups is 1. The summed E-state index contributed by atoms with van der Waals surface area (Å²) in [5, 5.41) is 14.3. The summed E-state index contributed by atoms with van der Waals surface area (Å²) in [6.07, 6.45) is 1.01. The number of para-hydroxylation sites is 1. The van der Waals surface area contributed by atoms with E-state index in [4.69, 9.17) is 4.74 Å². The highest BCUT2D eigenvalue weighted by Gasteiger charge is 2.07. The van der Waals surface area contributed by atoms with E-state index in [1.165, 1.54) is 0 Å². The van der Waals surface area contributed by atoms with Crippen LogP contribution >= 0.6 is 0 Å². The van der Waals surface area contributed by atoms with Crippen molar-refractivity contribution in [3.05, 3.63) is 66.7 Å². The van der Waals surface area contributed by atoms with Crippen LogP contribution in [0, 0.1) is 0 Å². The Bertz CT molecular complexity index is 831. The summed E-state index contributed by atoms with van der Waals surface area (Å²) in [6.45, 7) is 0.494. The summed E-state index contributed by atoms with van der Waals surface area (Å²) in [5.74, 6) is 0.949. The molecule has 0 spiro atoms. The highest BCUT2D eigenvalue weighted by atomic mass is 16.5. The lowest BCUT2D eigenvalue weighted by atomic mass is 10.1. The zero-order valence-electron chi connectivity index (χ0n) is 13.2. The fourth-order valence-corrected chi connectivity index (χ4v) is 2.55. The van der Waals surface area contributed by atoms with Gasteiger partial charge in [-0.05, 0) is 30.7 Å². The van der Waals surface area contributed by atoms with E-state index in [2.05, 4.69) is 5.32 Å². The third-order valence-electron chi connectivity index (χ3n) is 3.73. The van der Waals surface area contributed by atoms with Crippen molar-refractivity contribution in [2.24, 2.45) is 0 Å². The number of aromatic hydroxyl groups is 1. The molecule has 0 aliphatic rings. The number of phenols is 1. The largest absolute Gasteiger partial charge is 0.507 e. The van der Waals surface area contributed by atoms with Gasteiger partial charge in [-0.15, -0.1) is 0 Å². The number of ether oxygens (including phenoxy) is 1. The van der Waals surface area contributed by atoms with Crippen LogP contribution in [-0.2, 0) is 4.79 Å². The minimum absolute atomic E-state index is 0.0671. The Morgan fingerprint density at radius 2 is 1.67 bits per heavy atom. The summed E-state index contributed by atoms with van der Waals surface area (Å²) in [6, 6.07) is 20.3. The fourth-order valence-electron chi connectivity index (χ4n) is 2.55. The van der Waals surface area contributed by atoms with Gasteiger partial charge in [-0.25, -0.2) is 0 Å². The Balaban J connectivity index is 1.55. The summed E-state index contributed by atoms with van der Waals surface area (Å²) < 4.78 is 5.58. The molecule has 0 saturated carbocycles. The average molecular weight is 321 g/mol. The van der Waals surface area contributed by atoms with Gasteiger partial charge in [0.05, 0.1) is 6.61 Å². The molecule has 0 heterocycles. The standard InChI is InChI=1S/C20H19NO3/c22-19-12-5-9-16-17(19)10-4-11-18(16)21-20(23)13-6-14-24-15-7-2-1-3-8-15/h1-5,7-12,22H,6,13-14H2,(H,21,23). The van der Waals surface area contributed by atoms with Crippen molar-refractivity contribution >= 4 is 22.4 Å². The number of benzene rings is 3. The Morgan fingerprint density at radius 3 is 2.50 bits per heavy atom. The van der Waals surface area contributed by atoms with E-state index in [0.717, 1.165) is 16.5 Å². The van der Waals surface area contributed by atoms with E-state index in [-0.39, 0.29) is 11.7 Å². The molecular formula is C20H19NO3. The molecule has 4 heteroatoms. The maximum atomic E-state index is 12.1. The van der Waals surface area contributed by atoms with Gasteiger partial charge in [0.15, 0.2) is 0 Å². The van der Waals surface area contributed by atoms with Crippen molar-refractivity contribution in [3.63, 3.8) is 0 Å². The van der Waals surface area contributed by atoms with E-state index < -0.39 is 0 Å². The Hall–Kier alpha value is -3.01. The van der Waals surface area contributed by atoms with Crippen molar-refractivity contribution in [3.8, 4) is 11.5 Å². The molecule has 0 saturated heterocycles. The van der Waals surface area contributed by atoms with E-state index in [9.17, 15) is 9.90 Å². The van der Waals surface area contributed by atoms with Crippen LogP contribution in [0.2, 0.25) is 0 Å². The van der Waals surface area contributed by atoms with Gasteiger partial charge in [-0.3, -0.25) is 4.79 Å². The molecule has 122 valence electrons. The predicted octanol–water partition coefficient (Wildman–Crippen LogP) is 4.34. The summed E-state index contributed by atoms with van der Waals surface area (Å²) in [5.41, 5.74) is 0.706. The number of phenolic OH excluding ortho intramolecular Hbond substituents is 1. The predicted molar refractivity (Wildman–Crippen MR) is 95.4 cm³/mol. The molecule has 4 nitrogen and oxygen atoms in total. The zero-order chi connectivity index (χ0) is 16.8. The first-order valence-electron chi connectivity index (χ1n) is 7.92. The van der Waals surface area contributed by atoms with E-state index >= 15 is 0 Å². The lowest BCUT2D eigenvalue weighted by Gasteiger charge is -2.10. The molecule has 3 aromatic carbocycles. The van der Waals surface area contributed by atoms with Gasteiger partial charge in [-0.1, -0.05) is 42.5 Å². The highest BCUT2D eigenvalue weighted by molar-refractivity contribution is 6.03. The average Bonchev–Trinajstić information content (AvgIpc) is 2.61. The molecule has 3 rings (SSSR count). The minimum atomic E-state index is -0.0671. The van der Waals surface area contributed by atoms with Gasteiger partial charge < -0.3 is 15.2 Å². The van der Waals surface area contributed by atoms with Gasteiger partial charge in [0.2, 0.25) is 5.91 Å². The van der Waals surface area contributed by atoms with Gasteiger partial charge in [0.25, 0.3) is 0 Å². The second kappa shape index (κ2) is 7.51. The van der Waals surface area contributed by atoms with E-state index in [0.29, 0.717) is 25.1 Å². The molecule has 1 amide bonds. The van der Waals surface area contributed by atoms with Crippen LogP contribution in [-0.4, -0.2) is 17.6 Å². The minimum Gasteiger partial charge on any atom is -0.507 e. The lowest BCUT2D eigenvalue weighted by molar-refractivity contribution is -0.116. The first-order chi connectivity index (χ1) is 11.7. The van der Waals surface area contributed by atoms with Crippen molar-refractivity contribution in [2.45, 2.75) is 12.8 Å². The van der Waals surface area contributed by atoms with Gasteiger partial charge in [0.1, 0.15) is 11.5 Å². The zero-order valence-corrected chi connectivity index (χ0v) is 13.2. The number of nitrogens with one attached hydrogen (secondary N) is 1. The summed E-state index contributed by atoms with van der Waals surface area (Å²) in [4.78, 5) is 12.1. The van der Waals surface area contributed by atoms with Crippen LogP contribution in [0.1, 0.15) is 12.8 Å². The molecule has 0 atom stereocenters. The Morgan fingerprint density at radius 1 is 0.917 bits per heavy atom. The smallest absolute Gasteiger partial charge is 0.224 e. The van der Waals surface area contributed by atoms with Crippen LogP contribution < -0.4 is 10.1 Å². The fraction of sp³-hybridized carbons (Fsp3) is 0.150. The molecule has 0 aromatic heterocycles. The van der Waals surface area contributed by atoms with E-state index in [1.54, 1.807) is 12.1 Å². The first kappa shape index (κ1) is 15.9. The number of fused-ring (bicyclic) bond motifs is 1. The van der Waals surface area contributed by atoms with Crippen molar-refractivity contribution in [1.29, 1.82) is 0 Å². The van der Waals surface area contributed by atoms with Gasteiger partial charge >= 0.3 is 0 Å². The maximum Gasteiger partial charge on any atom is 0.224 e. The molecular weight excluding hydrogens is 302 g/mol. The number of amides is 1. The second-order valence-corrected chi connectivity index (χ2v) is 5.49. The molecule has 0 aliphatic heterocycles. The Kier molecular flexibility index (Phi) is 4.96. The lowest BCUT2D eigenvalue weighted by Crippen LogP contribution is -2.13. The Labute approximate surface area is 140 Å². The van der Waals surface area contributed by atoms with Crippen LogP contribution in [0.4, 0.5) is 5.69 Å². The monoisotopic (exact) mass is 321 g/mol. The summed E-state index contributed by atoms with van der Waals surface area (Å²) in [7, 11) is 0. The van der Waals surface area contributed by atoms with Gasteiger partial charge in [-0.2, -0.15) is 0 Å². The van der Waals surface area contributed by atoms with Crippen molar-refractivity contribution in [1.82, 2.24) is 0 Å². The molecule has 0 radical (unpaired) electrons. The van der Waals surface area contributed by atoms with Crippen LogP contribution in [0.5, 0.6) is 11.5 Å². The number of carbonyl (C=O) groups excluding carboxylic acids is 1. The SMILES string of the molecule is O=C(CCCOc1ccccc1)Nc1cccc2c(O)cccc12. The maximum absolute atomic E-state index is 12.1. The van der Waals surface area contributed by atoms with Crippen molar-refractivity contribution < 1.29 is 14.6 Å². The number of rotatable bonds is 6. The third-order valence-corrected chi connectivity index (χ3v) is 3.73. The number of hydrogen-bond acceptors (Lipinski definition) is 3. The second-order valence-electron chi connectivity index (χ2n) is 5.49. The number of hydrogen-bond donors (Lipinski definition) is 2. The topological polar surface area (TPSA) is 58.6 Å². The number of anilines is 1.